The number of aryl methyl sites for hydroxylation is 4. The smallest absolute Gasteiger partial charge is 0.160 e. The average Bonchev–Trinajstić information content (AvgIpc) is 3.50. The third kappa shape index (κ3) is 5.21. The summed E-state index contributed by atoms with van der Waals surface area (Å²) in [7, 11) is 0. The zero-order chi connectivity index (χ0) is 23.5. The minimum atomic E-state index is 0.834. The number of imidazole rings is 1. The first kappa shape index (κ1) is 23.5. The molecule has 1 aliphatic carbocycles. The van der Waals surface area contributed by atoms with E-state index in [9.17, 15) is 0 Å². The highest BCUT2D eigenvalue weighted by molar-refractivity contribution is 5.76. The molecule has 1 aromatic carbocycles. The summed E-state index contributed by atoms with van der Waals surface area (Å²) in [6.07, 6.45) is 9.08. The summed E-state index contributed by atoms with van der Waals surface area (Å²) >= 11 is 0. The van der Waals surface area contributed by atoms with Gasteiger partial charge in [0, 0.05) is 44.3 Å². The molecule has 2 aromatic heterocycles. The number of benzene rings is 1. The third-order valence-electron chi connectivity index (χ3n) is 7.97. The minimum Gasteiger partial charge on any atom is -0.308 e. The Balaban J connectivity index is 1.14. The average molecular weight is 460 g/mol. The molecule has 5 rings (SSSR count). The Morgan fingerprint density at radius 2 is 1.62 bits per heavy atom. The molecule has 3 aromatic rings. The van der Waals surface area contributed by atoms with Crippen molar-refractivity contribution in [2.24, 2.45) is 0 Å². The maximum absolute atomic E-state index is 4.89. The van der Waals surface area contributed by atoms with E-state index < -0.39 is 0 Å². The van der Waals surface area contributed by atoms with Crippen LogP contribution in [0.5, 0.6) is 0 Å². The van der Waals surface area contributed by atoms with E-state index in [-0.39, 0.29) is 0 Å². The summed E-state index contributed by atoms with van der Waals surface area (Å²) in [5.74, 6) is 1.12. The highest BCUT2D eigenvalue weighted by Gasteiger charge is 2.25. The van der Waals surface area contributed by atoms with Crippen LogP contribution >= 0.6 is 0 Å². The van der Waals surface area contributed by atoms with Crippen molar-refractivity contribution in [3.05, 3.63) is 58.5 Å². The van der Waals surface area contributed by atoms with Crippen LogP contribution in [0, 0.1) is 13.8 Å². The van der Waals surface area contributed by atoms with E-state index in [4.69, 9.17) is 9.97 Å². The van der Waals surface area contributed by atoms with Gasteiger partial charge < -0.3 is 9.47 Å². The molecule has 2 fully saturated rings. The lowest BCUT2D eigenvalue weighted by Crippen LogP contribution is -2.49. The van der Waals surface area contributed by atoms with E-state index in [1.807, 2.05) is 0 Å². The predicted molar refractivity (Wildman–Crippen MR) is 141 cm³/mol. The summed E-state index contributed by atoms with van der Waals surface area (Å²) in [5.41, 5.74) is 7.11. The van der Waals surface area contributed by atoms with Gasteiger partial charge in [0.05, 0.1) is 6.54 Å². The van der Waals surface area contributed by atoms with Crippen molar-refractivity contribution in [3.63, 3.8) is 0 Å². The molecule has 1 saturated heterocycles. The lowest BCUT2D eigenvalue weighted by Gasteiger charge is -2.38. The van der Waals surface area contributed by atoms with Crippen molar-refractivity contribution < 1.29 is 0 Å². The number of fused-ring (bicyclic) bond motifs is 1. The highest BCUT2D eigenvalue weighted by atomic mass is 15.3. The van der Waals surface area contributed by atoms with Gasteiger partial charge in [0.15, 0.2) is 5.65 Å². The Bertz CT molecular complexity index is 1090. The molecule has 0 radical (unpaired) electrons. The van der Waals surface area contributed by atoms with E-state index in [1.54, 1.807) is 0 Å². The van der Waals surface area contributed by atoms with Crippen LogP contribution in [0.2, 0.25) is 0 Å². The van der Waals surface area contributed by atoms with Crippen LogP contribution in [0.25, 0.3) is 11.2 Å². The van der Waals surface area contributed by atoms with Gasteiger partial charge in [-0.15, -0.1) is 0 Å². The van der Waals surface area contributed by atoms with Gasteiger partial charge in [-0.05, 0) is 68.8 Å². The SMILES string of the molecule is CCc1nc2c(C)cc(C)nc2n1Cc1ccc(CCCN2CCN(C3CCCC3)CC2)cc1. The molecule has 5 heteroatoms. The fraction of sp³-hybridized carbons (Fsp3) is 0.586. The molecule has 1 aliphatic heterocycles. The molecule has 0 amide bonds. The first-order valence-corrected chi connectivity index (χ1v) is 13.5. The second-order valence-corrected chi connectivity index (χ2v) is 10.5. The minimum absolute atomic E-state index is 0.834. The van der Waals surface area contributed by atoms with Gasteiger partial charge in [-0.2, -0.15) is 0 Å². The van der Waals surface area contributed by atoms with E-state index in [1.165, 1.54) is 81.5 Å². The Kier molecular flexibility index (Phi) is 7.31. The van der Waals surface area contributed by atoms with Crippen LogP contribution in [0.1, 0.15) is 67.2 Å². The molecule has 0 unspecified atom stereocenters. The molecule has 3 heterocycles. The van der Waals surface area contributed by atoms with Crippen LogP contribution in [-0.2, 0) is 19.4 Å². The lowest BCUT2D eigenvalue weighted by atomic mass is 10.1. The quantitative estimate of drug-likeness (QED) is 0.467. The molecule has 2 aliphatic rings. The molecular weight excluding hydrogens is 418 g/mol. The third-order valence-corrected chi connectivity index (χ3v) is 7.97. The van der Waals surface area contributed by atoms with Crippen molar-refractivity contribution in [2.45, 2.75) is 78.3 Å². The Morgan fingerprint density at radius 3 is 2.32 bits per heavy atom. The maximum atomic E-state index is 4.89. The van der Waals surface area contributed by atoms with Crippen molar-refractivity contribution in [3.8, 4) is 0 Å². The van der Waals surface area contributed by atoms with Crippen LogP contribution in [0.4, 0.5) is 0 Å². The number of pyridine rings is 1. The number of aromatic nitrogens is 3. The monoisotopic (exact) mass is 459 g/mol. The summed E-state index contributed by atoms with van der Waals surface area (Å²) in [6.45, 7) is 13.5. The second-order valence-electron chi connectivity index (χ2n) is 10.5. The van der Waals surface area contributed by atoms with Crippen LogP contribution in [0.3, 0.4) is 0 Å². The topological polar surface area (TPSA) is 37.2 Å². The van der Waals surface area contributed by atoms with Gasteiger partial charge >= 0.3 is 0 Å². The second kappa shape index (κ2) is 10.6. The molecule has 182 valence electrons. The van der Waals surface area contributed by atoms with Gasteiger partial charge in [-0.25, -0.2) is 9.97 Å². The molecule has 0 bridgehead atoms. The zero-order valence-corrected chi connectivity index (χ0v) is 21.4. The maximum Gasteiger partial charge on any atom is 0.160 e. The number of hydrogen-bond donors (Lipinski definition) is 0. The summed E-state index contributed by atoms with van der Waals surface area (Å²) < 4.78 is 2.30. The molecular formula is C29H41N5. The largest absolute Gasteiger partial charge is 0.308 e. The lowest BCUT2D eigenvalue weighted by molar-refractivity contribution is 0.0973. The molecule has 0 spiro atoms. The Labute approximate surface area is 205 Å². The van der Waals surface area contributed by atoms with Crippen molar-refractivity contribution in [1.29, 1.82) is 0 Å². The molecule has 1 saturated carbocycles. The van der Waals surface area contributed by atoms with Crippen LogP contribution in [-0.4, -0.2) is 63.1 Å². The Morgan fingerprint density at radius 1 is 0.912 bits per heavy atom. The number of rotatable bonds is 8. The number of nitrogens with zero attached hydrogens (tertiary/aromatic N) is 5. The highest BCUT2D eigenvalue weighted by Crippen LogP contribution is 2.24. The van der Waals surface area contributed by atoms with Gasteiger partial charge in [-0.3, -0.25) is 4.90 Å². The number of piperazine rings is 1. The van der Waals surface area contributed by atoms with Crippen LogP contribution < -0.4 is 0 Å². The molecule has 34 heavy (non-hydrogen) atoms. The van der Waals surface area contributed by atoms with Crippen molar-refractivity contribution in [1.82, 2.24) is 24.3 Å². The van der Waals surface area contributed by atoms with E-state index in [0.717, 1.165) is 48.1 Å². The first-order chi connectivity index (χ1) is 16.6. The van der Waals surface area contributed by atoms with E-state index in [0.29, 0.717) is 0 Å². The summed E-state index contributed by atoms with van der Waals surface area (Å²) in [6, 6.07) is 12.2. The van der Waals surface area contributed by atoms with Gasteiger partial charge in [0.2, 0.25) is 0 Å². The first-order valence-electron chi connectivity index (χ1n) is 13.5. The van der Waals surface area contributed by atoms with Crippen LogP contribution in [0.15, 0.2) is 30.3 Å². The van der Waals surface area contributed by atoms with Gasteiger partial charge in [0.1, 0.15) is 11.3 Å². The molecule has 0 N–H and O–H groups in total. The predicted octanol–water partition coefficient (Wildman–Crippen LogP) is 5.15. The molecule has 0 atom stereocenters. The van der Waals surface area contributed by atoms with Gasteiger partial charge in [-0.1, -0.05) is 44.0 Å². The van der Waals surface area contributed by atoms with E-state index in [2.05, 4.69) is 65.5 Å². The Hall–Kier alpha value is -2.24. The van der Waals surface area contributed by atoms with Gasteiger partial charge in [0.25, 0.3) is 0 Å². The van der Waals surface area contributed by atoms with Crippen molar-refractivity contribution in [2.75, 3.05) is 32.7 Å². The fourth-order valence-corrected chi connectivity index (χ4v) is 6.01. The van der Waals surface area contributed by atoms with E-state index >= 15 is 0 Å². The summed E-state index contributed by atoms with van der Waals surface area (Å²) in [5, 5.41) is 0. The van der Waals surface area contributed by atoms with Crippen molar-refractivity contribution >= 4 is 11.2 Å². The molecule has 5 nitrogen and oxygen atoms in total. The normalized spacial score (nSPS) is 18.3. The standard InChI is InChI=1S/C29H41N5/c1-4-27-31-28-22(2)20-23(3)30-29(28)34(27)21-25-13-11-24(12-14-25)8-7-15-32-16-18-33(19-17-32)26-9-5-6-10-26/h11-14,20,26H,4-10,15-19,21H2,1-3H3. The zero-order valence-electron chi connectivity index (χ0n) is 21.4. The summed E-state index contributed by atoms with van der Waals surface area (Å²) in [4.78, 5) is 15.1. The number of hydrogen-bond acceptors (Lipinski definition) is 4. The fourth-order valence-electron chi connectivity index (χ4n) is 6.01.